The van der Waals surface area contributed by atoms with Crippen molar-refractivity contribution in [1.82, 2.24) is 0 Å². The maximum atomic E-state index is 10.5. The first-order valence-electron chi connectivity index (χ1n) is 9.35. The second-order valence-electron chi connectivity index (χ2n) is 6.98. The van der Waals surface area contributed by atoms with Crippen LogP contribution >= 0.6 is 0 Å². The molecule has 0 aromatic heterocycles. The van der Waals surface area contributed by atoms with Crippen LogP contribution in [0.3, 0.4) is 0 Å². The summed E-state index contributed by atoms with van der Waals surface area (Å²) in [5, 5.41) is 17.4. The summed E-state index contributed by atoms with van der Waals surface area (Å²) in [4.78, 5) is 8.78. The van der Waals surface area contributed by atoms with Crippen molar-refractivity contribution in [2.75, 3.05) is 47.0 Å². The molecule has 0 atom stereocenters. The second-order valence-corrected chi connectivity index (χ2v) is 6.98. The highest BCUT2D eigenvalue weighted by atomic mass is 19.4. The number of hydrogen-bond acceptors (Lipinski definition) is 4. The Labute approximate surface area is 155 Å². The molecular weight excluding hydrogens is 351 g/mol. The van der Waals surface area contributed by atoms with E-state index in [9.17, 15) is 13.2 Å². The zero-order valence-electron chi connectivity index (χ0n) is 16.4. The van der Waals surface area contributed by atoms with E-state index in [2.05, 4.69) is 21.0 Å². The molecule has 0 amide bonds. The van der Waals surface area contributed by atoms with Crippen molar-refractivity contribution < 1.29 is 37.4 Å². The molecular formula is C18H36F3NO4. The lowest BCUT2D eigenvalue weighted by Gasteiger charge is -2.29. The van der Waals surface area contributed by atoms with Gasteiger partial charge in [0.25, 0.3) is 0 Å². The third-order valence-electron chi connectivity index (χ3n) is 3.93. The molecule has 0 unspecified atom stereocenters. The maximum absolute atomic E-state index is 10.5. The van der Waals surface area contributed by atoms with Crippen molar-refractivity contribution in [2.24, 2.45) is 0 Å². The van der Waals surface area contributed by atoms with Gasteiger partial charge in [-0.3, -0.25) is 0 Å². The molecule has 0 aromatic rings. The molecule has 1 N–H and O–H groups in total. The summed E-state index contributed by atoms with van der Waals surface area (Å²) in [6.45, 7) is 5.89. The van der Waals surface area contributed by atoms with E-state index in [1.54, 1.807) is 0 Å². The Morgan fingerprint density at radius 3 is 1.85 bits per heavy atom. The summed E-state index contributed by atoms with van der Waals surface area (Å²) < 4.78 is 37.9. The van der Waals surface area contributed by atoms with Gasteiger partial charge in [0, 0.05) is 0 Å². The van der Waals surface area contributed by atoms with Gasteiger partial charge in [-0.15, -0.1) is 0 Å². The van der Waals surface area contributed by atoms with Gasteiger partial charge in [0.1, 0.15) is 12.5 Å². The van der Waals surface area contributed by atoms with E-state index in [0.29, 0.717) is 6.61 Å². The number of carbonyl (C=O) groups excluding carboxylic acids is 1. The zero-order chi connectivity index (χ0) is 20.5. The van der Waals surface area contributed by atoms with Gasteiger partial charge in [-0.05, 0) is 12.8 Å². The molecule has 0 aliphatic carbocycles. The molecule has 0 aliphatic rings. The van der Waals surface area contributed by atoms with Gasteiger partial charge in [-0.1, -0.05) is 45.4 Å². The van der Waals surface area contributed by atoms with Crippen molar-refractivity contribution in [2.45, 2.75) is 64.5 Å². The van der Waals surface area contributed by atoms with Gasteiger partial charge in [0.2, 0.25) is 0 Å². The Balaban J connectivity index is 0. The predicted molar refractivity (Wildman–Crippen MR) is 93.4 cm³/mol. The van der Waals surface area contributed by atoms with Crippen LogP contribution in [-0.4, -0.2) is 68.7 Å². The van der Waals surface area contributed by atoms with Crippen LogP contribution in [0.5, 0.6) is 0 Å². The lowest BCUT2D eigenvalue weighted by molar-refractivity contribution is -0.891. The topological polar surface area (TPSA) is 69.6 Å². The van der Waals surface area contributed by atoms with Gasteiger partial charge in [0.15, 0.2) is 0 Å². The Kier molecular flexibility index (Phi) is 17.2. The van der Waals surface area contributed by atoms with Gasteiger partial charge in [-0.25, -0.2) is 0 Å². The van der Waals surface area contributed by atoms with Crippen molar-refractivity contribution in [1.29, 1.82) is 0 Å². The highest BCUT2D eigenvalue weighted by Crippen LogP contribution is 2.11. The second kappa shape index (κ2) is 16.3. The molecule has 0 fully saturated rings. The summed E-state index contributed by atoms with van der Waals surface area (Å²) in [6, 6.07) is 0. The fourth-order valence-electron chi connectivity index (χ4n) is 2.26. The monoisotopic (exact) mass is 387 g/mol. The van der Waals surface area contributed by atoms with E-state index in [1.807, 2.05) is 0 Å². The Morgan fingerprint density at radius 1 is 0.962 bits per heavy atom. The summed E-state index contributed by atoms with van der Waals surface area (Å²) in [5.41, 5.74) is 0. The van der Waals surface area contributed by atoms with Crippen molar-refractivity contribution in [3.8, 4) is 0 Å². The molecule has 0 bridgehead atoms. The number of ether oxygens (including phenoxy) is 1. The Morgan fingerprint density at radius 2 is 1.42 bits per heavy atom. The van der Waals surface area contributed by atoms with E-state index >= 15 is 0 Å². The smallest absolute Gasteiger partial charge is 0.430 e. The number of carbonyl (C=O) groups is 1. The first-order chi connectivity index (χ1) is 12.1. The zero-order valence-corrected chi connectivity index (χ0v) is 16.4. The average Bonchev–Trinajstić information content (AvgIpc) is 2.54. The number of carboxylic acid groups (broad SMARTS) is 1. The molecule has 26 heavy (non-hydrogen) atoms. The Bertz CT molecular complexity index is 337. The minimum Gasteiger partial charge on any atom is -0.542 e. The number of aliphatic carboxylic acids is 1. The minimum atomic E-state index is -5.19. The fraction of sp³-hybridized carbons (Fsp3) is 0.944. The molecule has 158 valence electrons. The molecule has 0 saturated heterocycles. The minimum absolute atomic E-state index is 0.130. The van der Waals surface area contributed by atoms with Crippen molar-refractivity contribution in [3.05, 3.63) is 0 Å². The molecule has 0 aliphatic heterocycles. The van der Waals surface area contributed by atoms with Gasteiger partial charge in [-0.2, -0.15) is 13.2 Å². The number of rotatable bonds is 14. The van der Waals surface area contributed by atoms with Gasteiger partial charge < -0.3 is 24.2 Å². The summed E-state index contributed by atoms with van der Waals surface area (Å²) >= 11 is 0. The lowest BCUT2D eigenvalue weighted by Crippen LogP contribution is -2.43. The lowest BCUT2D eigenvalue weighted by atomic mass is 10.1. The van der Waals surface area contributed by atoms with Gasteiger partial charge >= 0.3 is 6.18 Å². The molecule has 0 radical (unpaired) electrons. The van der Waals surface area contributed by atoms with Crippen LogP contribution in [0.1, 0.15) is 58.3 Å². The maximum Gasteiger partial charge on any atom is 0.430 e. The number of likely N-dealkylation sites (N-methyl/N-ethyl adjacent to an activating group) is 1. The molecule has 0 saturated carbocycles. The number of nitrogens with zero attached hydrogens (tertiary/aromatic N) is 1. The van der Waals surface area contributed by atoms with Crippen LogP contribution < -0.4 is 5.11 Å². The first-order valence-corrected chi connectivity index (χ1v) is 9.35. The number of unbranched alkanes of at least 4 members (excludes halogenated alkanes) is 7. The van der Waals surface area contributed by atoms with Crippen molar-refractivity contribution in [3.63, 3.8) is 0 Å². The number of halogens is 3. The summed E-state index contributed by atoms with van der Waals surface area (Å²) in [6.07, 6.45) is 5.87. The normalized spacial score (nSPS) is 11.8. The number of carboxylic acids is 1. The molecule has 0 rings (SSSR count). The summed E-state index contributed by atoms with van der Waals surface area (Å²) in [5.74, 6) is -3.01. The third-order valence-corrected chi connectivity index (χ3v) is 3.93. The SMILES string of the molecule is CCCCCCCCCC[N+](C)(C)CCOCCO.O=C([O-])C(F)(F)F. The summed E-state index contributed by atoms with van der Waals surface area (Å²) in [7, 11) is 4.53. The van der Waals surface area contributed by atoms with E-state index in [1.165, 1.54) is 57.9 Å². The van der Waals surface area contributed by atoms with Crippen LogP contribution in [0.2, 0.25) is 0 Å². The largest absolute Gasteiger partial charge is 0.542 e. The van der Waals surface area contributed by atoms with E-state index < -0.39 is 12.1 Å². The van der Waals surface area contributed by atoms with E-state index in [4.69, 9.17) is 19.7 Å². The van der Waals surface area contributed by atoms with Gasteiger partial charge in [0.05, 0.1) is 40.5 Å². The number of hydrogen-bond donors (Lipinski definition) is 1. The number of alkyl halides is 3. The predicted octanol–water partition coefficient (Wildman–Crippen LogP) is 2.51. The quantitative estimate of drug-likeness (QED) is 0.367. The number of aliphatic hydroxyl groups excluding tert-OH is 1. The van der Waals surface area contributed by atoms with Crippen LogP contribution in [0.4, 0.5) is 13.2 Å². The molecule has 8 heteroatoms. The third kappa shape index (κ3) is 21.2. The number of quaternary nitrogens is 1. The van der Waals surface area contributed by atoms with E-state index in [-0.39, 0.29) is 6.61 Å². The van der Waals surface area contributed by atoms with Crippen LogP contribution in [-0.2, 0) is 9.53 Å². The average molecular weight is 387 g/mol. The highest BCUT2D eigenvalue weighted by molar-refractivity contribution is 5.70. The van der Waals surface area contributed by atoms with Crippen LogP contribution in [0.15, 0.2) is 0 Å². The highest BCUT2D eigenvalue weighted by Gasteiger charge is 2.28. The van der Waals surface area contributed by atoms with Crippen LogP contribution in [0, 0.1) is 0 Å². The van der Waals surface area contributed by atoms with Crippen molar-refractivity contribution >= 4 is 5.97 Å². The number of aliphatic hydroxyl groups is 1. The van der Waals surface area contributed by atoms with E-state index in [0.717, 1.165) is 17.6 Å². The molecule has 5 nitrogen and oxygen atoms in total. The first kappa shape index (κ1) is 27.4. The Hall–Kier alpha value is -0.860. The standard InChI is InChI=1S/C16H36NO2.C2HF3O2/c1-4-5-6-7-8-9-10-11-12-17(2,3)13-15-19-16-14-18;3-2(4,5)1(6)7/h18H,4-16H2,1-3H3;(H,6,7)/q+1;/p-1. The molecule has 0 aromatic carbocycles. The molecule has 0 heterocycles. The molecule has 0 spiro atoms. The van der Waals surface area contributed by atoms with Crippen LogP contribution in [0.25, 0.3) is 0 Å². The fourth-order valence-corrected chi connectivity index (χ4v) is 2.26.